The zero-order chi connectivity index (χ0) is 25.3. The van der Waals surface area contributed by atoms with Crippen molar-refractivity contribution in [1.82, 2.24) is 5.32 Å². The summed E-state index contributed by atoms with van der Waals surface area (Å²) in [6, 6.07) is 16.3. The molecule has 190 valence electrons. The molecule has 4 fully saturated rings. The Morgan fingerprint density at radius 2 is 1.64 bits per heavy atom. The molecule has 2 N–H and O–H groups in total. The van der Waals surface area contributed by atoms with Gasteiger partial charge in [-0.2, -0.15) is 0 Å². The monoisotopic (exact) mass is 490 g/mol. The van der Waals surface area contributed by atoms with Crippen molar-refractivity contribution in [3.8, 4) is 5.75 Å². The molecule has 3 atom stereocenters. The van der Waals surface area contributed by atoms with Crippen LogP contribution in [-0.4, -0.2) is 29.9 Å². The third-order valence-corrected chi connectivity index (χ3v) is 7.95. The molecular formula is C29H34N2O5. The summed E-state index contributed by atoms with van der Waals surface area (Å²) >= 11 is 0. The van der Waals surface area contributed by atoms with Gasteiger partial charge >= 0.3 is 5.97 Å². The minimum absolute atomic E-state index is 0.0602. The zero-order valence-corrected chi connectivity index (χ0v) is 20.9. The fourth-order valence-electron chi connectivity index (χ4n) is 7.20. The number of hydrogen-bond acceptors (Lipinski definition) is 5. The maximum Gasteiger partial charge on any atom is 0.313 e. The number of anilines is 1. The molecular weight excluding hydrogens is 456 g/mol. The molecule has 4 aliphatic rings. The summed E-state index contributed by atoms with van der Waals surface area (Å²) in [5.74, 6) is 0.497. The summed E-state index contributed by atoms with van der Waals surface area (Å²) in [5, 5.41) is 6.09. The van der Waals surface area contributed by atoms with Gasteiger partial charge in [-0.15, -0.1) is 0 Å². The predicted molar refractivity (Wildman–Crippen MR) is 135 cm³/mol. The van der Waals surface area contributed by atoms with E-state index in [0.717, 1.165) is 32.1 Å². The molecule has 6 rings (SSSR count). The van der Waals surface area contributed by atoms with Gasteiger partial charge < -0.3 is 20.1 Å². The van der Waals surface area contributed by atoms with Gasteiger partial charge in [0.2, 0.25) is 12.0 Å². The molecule has 0 heterocycles. The fourth-order valence-corrected chi connectivity index (χ4v) is 7.20. The lowest BCUT2D eigenvalue weighted by Gasteiger charge is -2.60. The lowest BCUT2D eigenvalue weighted by Crippen LogP contribution is -2.64. The number of hydrogen-bond donors (Lipinski definition) is 2. The van der Waals surface area contributed by atoms with E-state index in [0.29, 0.717) is 41.9 Å². The van der Waals surface area contributed by atoms with E-state index in [1.165, 1.54) is 0 Å². The Kier molecular flexibility index (Phi) is 6.49. The first kappa shape index (κ1) is 24.3. The Hall–Kier alpha value is -3.35. The molecule has 4 bridgehead atoms. The molecule has 3 unspecified atom stereocenters. The van der Waals surface area contributed by atoms with Crippen LogP contribution >= 0.6 is 0 Å². The SMILES string of the molecule is CCOc1ccccc1NC(=O)C(OC(=O)C12CC3CC(CC(NC(C)=O)(C3)C1)C2)c1ccccc1. The Bertz CT molecular complexity index is 1130. The second-order valence-electron chi connectivity index (χ2n) is 10.8. The van der Waals surface area contributed by atoms with E-state index in [-0.39, 0.29) is 17.4 Å². The van der Waals surface area contributed by atoms with Gasteiger partial charge in [-0.05, 0) is 69.4 Å². The Morgan fingerprint density at radius 1 is 0.972 bits per heavy atom. The van der Waals surface area contributed by atoms with Gasteiger partial charge in [0.25, 0.3) is 5.91 Å². The molecule has 4 aliphatic carbocycles. The van der Waals surface area contributed by atoms with Gasteiger partial charge in [0.15, 0.2) is 0 Å². The first-order valence-electron chi connectivity index (χ1n) is 12.9. The lowest BCUT2D eigenvalue weighted by molar-refractivity contribution is -0.182. The van der Waals surface area contributed by atoms with Crippen molar-refractivity contribution in [2.45, 2.75) is 64.0 Å². The van der Waals surface area contributed by atoms with Gasteiger partial charge in [0, 0.05) is 18.0 Å². The highest BCUT2D eigenvalue weighted by atomic mass is 16.5. The van der Waals surface area contributed by atoms with Crippen molar-refractivity contribution in [2.24, 2.45) is 17.3 Å². The van der Waals surface area contributed by atoms with E-state index in [4.69, 9.17) is 9.47 Å². The third kappa shape index (κ3) is 4.71. The summed E-state index contributed by atoms with van der Waals surface area (Å²) < 4.78 is 11.8. The van der Waals surface area contributed by atoms with E-state index in [9.17, 15) is 14.4 Å². The topological polar surface area (TPSA) is 93.7 Å². The van der Waals surface area contributed by atoms with Crippen molar-refractivity contribution in [3.63, 3.8) is 0 Å². The predicted octanol–water partition coefficient (Wildman–Crippen LogP) is 4.78. The number of amides is 2. The van der Waals surface area contributed by atoms with Crippen LogP contribution in [0, 0.1) is 17.3 Å². The molecule has 2 amide bonds. The molecule has 4 saturated carbocycles. The van der Waals surface area contributed by atoms with Gasteiger partial charge in [-0.25, -0.2) is 0 Å². The van der Waals surface area contributed by atoms with Crippen molar-refractivity contribution >= 4 is 23.5 Å². The van der Waals surface area contributed by atoms with Gasteiger partial charge in [0.05, 0.1) is 17.7 Å². The third-order valence-electron chi connectivity index (χ3n) is 7.95. The first-order chi connectivity index (χ1) is 17.3. The van der Waals surface area contributed by atoms with Crippen molar-refractivity contribution < 1.29 is 23.9 Å². The summed E-state index contributed by atoms with van der Waals surface area (Å²) in [7, 11) is 0. The van der Waals surface area contributed by atoms with E-state index < -0.39 is 17.4 Å². The summed E-state index contributed by atoms with van der Waals surface area (Å²) in [6.07, 6.45) is 3.89. The highest BCUT2D eigenvalue weighted by Crippen LogP contribution is 2.62. The fraction of sp³-hybridized carbons (Fsp3) is 0.483. The maximum absolute atomic E-state index is 13.9. The normalized spacial score (nSPS) is 28.7. The summed E-state index contributed by atoms with van der Waals surface area (Å²) in [5.41, 5.74) is 0.109. The van der Waals surface area contributed by atoms with E-state index in [1.54, 1.807) is 31.2 Å². The number of nitrogens with one attached hydrogen (secondary N) is 2. The zero-order valence-electron chi connectivity index (χ0n) is 20.9. The highest BCUT2D eigenvalue weighted by Gasteiger charge is 2.62. The molecule has 36 heavy (non-hydrogen) atoms. The van der Waals surface area contributed by atoms with Gasteiger partial charge in [0.1, 0.15) is 5.75 Å². The van der Waals surface area contributed by atoms with Crippen LogP contribution in [0.2, 0.25) is 0 Å². The van der Waals surface area contributed by atoms with Gasteiger partial charge in [-0.1, -0.05) is 42.5 Å². The van der Waals surface area contributed by atoms with Gasteiger partial charge in [-0.3, -0.25) is 14.4 Å². The second-order valence-corrected chi connectivity index (χ2v) is 10.8. The smallest absolute Gasteiger partial charge is 0.313 e. The number of carbonyl (C=O) groups excluding carboxylic acids is 3. The summed E-state index contributed by atoms with van der Waals surface area (Å²) in [6.45, 7) is 3.89. The van der Waals surface area contributed by atoms with Crippen molar-refractivity contribution in [3.05, 3.63) is 60.2 Å². The first-order valence-corrected chi connectivity index (χ1v) is 12.9. The number of rotatable bonds is 8. The highest BCUT2D eigenvalue weighted by molar-refractivity contribution is 5.97. The molecule has 7 nitrogen and oxygen atoms in total. The number of benzene rings is 2. The Morgan fingerprint density at radius 3 is 2.31 bits per heavy atom. The van der Waals surface area contributed by atoms with Crippen LogP contribution in [0.1, 0.15) is 64.0 Å². The van der Waals surface area contributed by atoms with Crippen LogP contribution in [-0.2, 0) is 19.1 Å². The largest absolute Gasteiger partial charge is 0.492 e. The molecule has 0 radical (unpaired) electrons. The van der Waals surface area contributed by atoms with Crippen LogP contribution in [0.25, 0.3) is 0 Å². The van der Waals surface area contributed by atoms with Crippen LogP contribution in [0.4, 0.5) is 5.69 Å². The second kappa shape index (κ2) is 9.60. The standard InChI is InChI=1S/C29H34N2O5/c1-3-35-24-12-8-7-11-23(24)30-26(33)25(22-9-5-4-6-10-22)36-27(34)28-14-20-13-21(15-28)17-29(16-20,18-28)31-19(2)32/h4-12,20-21,25H,3,13-18H2,1-2H3,(H,30,33)(H,31,32). The average molecular weight is 491 g/mol. The number of esters is 1. The molecule has 0 aliphatic heterocycles. The van der Waals surface area contributed by atoms with Crippen LogP contribution in [0.5, 0.6) is 5.75 Å². The van der Waals surface area contributed by atoms with Crippen molar-refractivity contribution in [1.29, 1.82) is 0 Å². The quantitative estimate of drug-likeness (QED) is 0.519. The van der Waals surface area contributed by atoms with Crippen molar-refractivity contribution in [2.75, 3.05) is 11.9 Å². The number of para-hydroxylation sites is 2. The van der Waals surface area contributed by atoms with E-state index in [1.807, 2.05) is 37.3 Å². The minimum atomic E-state index is -1.10. The number of carbonyl (C=O) groups is 3. The molecule has 2 aromatic carbocycles. The molecule has 0 spiro atoms. The number of ether oxygens (including phenoxy) is 2. The van der Waals surface area contributed by atoms with E-state index in [2.05, 4.69) is 10.6 Å². The minimum Gasteiger partial charge on any atom is -0.492 e. The average Bonchev–Trinajstić information content (AvgIpc) is 2.82. The van der Waals surface area contributed by atoms with Crippen LogP contribution < -0.4 is 15.4 Å². The Balaban J connectivity index is 1.41. The van der Waals surface area contributed by atoms with E-state index >= 15 is 0 Å². The van der Waals surface area contributed by atoms with Crippen LogP contribution in [0.15, 0.2) is 54.6 Å². The molecule has 7 heteroatoms. The lowest BCUT2D eigenvalue weighted by atomic mass is 9.47. The Labute approximate surface area is 211 Å². The molecule has 2 aromatic rings. The molecule has 0 saturated heterocycles. The maximum atomic E-state index is 13.9. The summed E-state index contributed by atoms with van der Waals surface area (Å²) in [4.78, 5) is 39.4. The van der Waals surface area contributed by atoms with Crippen LogP contribution in [0.3, 0.4) is 0 Å². The molecule has 0 aromatic heterocycles.